The summed E-state index contributed by atoms with van der Waals surface area (Å²) in [4.78, 5) is 7.84. The normalized spacial score (nSPS) is 9.80. The van der Waals surface area contributed by atoms with E-state index in [1.165, 1.54) is 0 Å². The summed E-state index contributed by atoms with van der Waals surface area (Å²) >= 11 is 0. The molecule has 0 atom stereocenters. The number of nitriles is 1. The molecule has 0 aliphatic heterocycles. The highest BCUT2D eigenvalue weighted by atomic mass is 15.3. The van der Waals surface area contributed by atoms with Crippen LogP contribution in [-0.4, -0.2) is 19.7 Å². The molecule has 0 aliphatic rings. The van der Waals surface area contributed by atoms with Crippen molar-refractivity contribution in [1.82, 2.24) is 19.7 Å². The molecule has 5 nitrogen and oxygen atoms in total. The minimum Gasteiger partial charge on any atom is -0.264 e. The van der Waals surface area contributed by atoms with Gasteiger partial charge in [0.1, 0.15) is 12.4 Å². The molecule has 74 valence electrons. The van der Waals surface area contributed by atoms with Gasteiger partial charge in [-0.2, -0.15) is 5.26 Å². The molecule has 0 radical (unpaired) electrons. The van der Waals surface area contributed by atoms with Crippen LogP contribution >= 0.6 is 0 Å². The lowest BCUT2D eigenvalue weighted by Gasteiger charge is -1.99. The summed E-state index contributed by atoms with van der Waals surface area (Å²) in [6.45, 7) is 0.709. The largest absolute Gasteiger partial charge is 0.264 e. The van der Waals surface area contributed by atoms with Crippen molar-refractivity contribution in [2.45, 2.75) is 13.0 Å². The average molecular weight is 199 g/mol. The number of aryl methyl sites for hydroxylation is 2. The molecule has 2 rings (SSSR count). The standard InChI is InChI=1S/C10H9N5/c11-6-10-13-8-15(14-10)5-3-9-2-1-4-12-7-9/h1-2,4,7-8H,3,5H2. The quantitative estimate of drug-likeness (QED) is 0.732. The molecule has 2 aromatic heterocycles. The van der Waals surface area contributed by atoms with Crippen LogP contribution in [0.3, 0.4) is 0 Å². The molecule has 0 aromatic carbocycles. The maximum absolute atomic E-state index is 8.54. The Labute approximate surface area is 87.0 Å². The van der Waals surface area contributed by atoms with Crippen molar-refractivity contribution in [3.8, 4) is 6.07 Å². The smallest absolute Gasteiger partial charge is 0.252 e. The summed E-state index contributed by atoms with van der Waals surface area (Å²) in [5, 5.41) is 12.5. The predicted octanol–water partition coefficient (Wildman–Crippen LogP) is 0.787. The minimum absolute atomic E-state index is 0.209. The van der Waals surface area contributed by atoms with Crippen LogP contribution in [0.25, 0.3) is 0 Å². The Morgan fingerprint density at radius 2 is 2.40 bits per heavy atom. The van der Waals surface area contributed by atoms with Crippen LogP contribution < -0.4 is 0 Å². The molecule has 0 bridgehead atoms. The zero-order chi connectivity index (χ0) is 10.5. The third-order valence-electron chi connectivity index (χ3n) is 1.99. The van der Waals surface area contributed by atoms with E-state index in [-0.39, 0.29) is 5.82 Å². The van der Waals surface area contributed by atoms with Crippen molar-refractivity contribution in [3.63, 3.8) is 0 Å². The minimum atomic E-state index is 0.209. The van der Waals surface area contributed by atoms with E-state index in [9.17, 15) is 0 Å². The zero-order valence-corrected chi connectivity index (χ0v) is 8.04. The van der Waals surface area contributed by atoms with E-state index in [4.69, 9.17) is 5.26 Å². The second-order valence-corrected chi connectivity index (χ2v) is 3.05. The first-order chi connectivity index (χ1) is 7.38. The van der Waals surface area contributed by atoms with E-state index in [2.05, 4.69) is 15.1 Å². The van der Waals surface area contributed by atoms with E-state index in [1.807, 2.05) is 24.4 Å². The summed E-state index contributed by atoms with van der Waals surface area (Å²) in [5.74, 6) is 0.209. The Hall–Kier alpha value is -2.22. The van der Waals surface area contributed by atoms with Crippen LogP contribution in [0, 0.1) is 11.3 Å². The molecule has 0 unspecified atom stereocenters. The summed E-state index contributed by atoms with van der Waals surface area (Å²) < 4.78 is 1.66. The summed E-state index contributed by atoms with van der Waals surface area (Å²) in [5.41, 5.74) is 1.14. The predicted molar refractivity (Wildman–Crippen MR) is 52.7 cm³/mol. The van der Waals surface area contributed by atoms with Gasteiger partial charge >= 0.3 is 0 Å². The third kappa shape index (κ3) is 2.38. The number of nitrogens with zero attached hydrogens (tertiary/aromatic N) is 5. The second kappa shape index (κ2) is 4.33. The van der Waals surface area contributed by atoms with Gasteiger partial charge in [-0.25, -0.2) is 4.98 Å². The second-order valence-electron chi connectivity index (χ2n) is 3.05. The zero-order valence-electron chi connectivity index (χ0n) is 8.04. The van der Waals surface area contributed by atoms with Crippen LogP contribution in [0.5, 0.6) is 0 Å². The van der Waals surface area contributed by atoms with Crippen molar-refractivity contribution in [2.24, 2.45) is 0 Å². The number of hydrogen-bond donors (Lipinski definition) is 0. The van der Waals surface area contributed by atoms with E-state index in [0.717, 1.165) is 12.0 Å². The number of pyridine rings is 1. The van der Waals surface area contributed by atoms with Crippen LogP contribution in [0.2, 0.25) is 0 Å². The van der Waals surface area contributed by atoms with Gasteiger partial charge in [0.05, 0.1) is 0 Å². The fourth-order valence-corrected chi connectivity index (χ4v) is 1.24. The lowest BCUT2D eigenvalue weighted by molar-refractivity contribution is 0.610. The molecular formula is C10H9N5. The monoisotopic (exact) mass is 199 g/mol. The van der Waals surface area contributed by atoms with Gasteiger partial charge in [0.15, 0.2) is 0 Å². The fourth-order valence-electron chi connectivity index (χ4n) is 1.24. The molecule has 2 aromatic rings. The summed E-state index contributed by atoms with van der Waals surface area (Å²) in [6, 6.07) is 5.80. The number of hydrogen-bond acceptors (Lipinski definition) is 4. The fraction of sp³-hybridized carbons (Fsp3) is 0.200. The highest BCUT2D eigenvalue weighted by Gasteiger charge is 1.99. The first-order valence-corrected chi connectivity index (χ1v) is 4.57. The van der Waals surface area contributed by atoms with Gasteiger partial charge in [0.2, 0.25) is 0 Å². The maximum atomic E-state index is 8.54. The van der Waals surface area contributed by atoms with E-state index in [1.54, 1.807) is 17.2 Å². The van der Waals surface area contributed by atoms with Crippen molar-refractivity contribution in [2.75, 3.05) is 0 Å². The lowest BCUT2D eigenvalue weighted by atomic mass is 10.2. The molecule has 0 saturated carbocycles. The molecule has 0 amide bonds. The van der Waals surface area contributed by atoms with Crippen LogP contribution in [0.15, 0.2) is 30.9 Å². The molecule has 0 fully saturated rings. The Kier molecular flexibility index (Phi) is 2.70. The van der Waals surface area contributed by atoms with Crippen molar-refractivity contribution < 1.29 is 0 Å². The summed E-state index contributed by atoms with van der Waals surface area (Å²) in [6.07, 6.45) is 5.96. The molecule has 0 N–H and O–H groups in total. The Bertz CT molecular complexity index is 468. The Morgan fingerprint density at radius 1 is 1.47 bits per heavy atom. The molecule has 0 aliphatic carbocycles. The SMILES string of the molecule is N#Cc1ncn(CCc2cccnc2)n1. The van der Waals surface area contributed by atoms with Gasteiger partial charge in [0.25, 0.3) is 5.82 Å². The van der Waals surface area contributed by atoms with Gasteiger partial charge in [0, 0.05) is 18.9 Å². The average Bonchev–Trinajstić information content (AvgIpc) is 2.76. The van der Waals surface area contributed by atoms with Crippen molar-refractivity contribution >= 4 is 0 Å². The van der Waals surface area contributed by atoms with E-state index < -0.39 is 0 Å². The van der Waals surface area contributed by atoms with E-state index in [0.29, 0.717) is 6.54 Å². The number of aromatic nitrogens is 4. The first kappa shape index (κ1) is 9.34. The molecule has 0 saturated heterocycles. The highest BCUT2D eigenvalue weighted by Crippen LogP contribution is 1.99. The van der Waals surface area contributed by atoms with Crippen molar-refractivity contribution in [1.29, 1.82) is 5.26 Å². The van der Waals surface area contributed by atoms with Crippen LogP contribution in [0.4, 0.5) is 0 Å². The molecule has 15 heavy (non-hydrogen) atoms. The van der Waals surface area contributed by atoms with E-state index >= 15 is 0 Å². The molecule has 0 spiro atoms. The Balaban J connectivity index is 1.97. The van der Waals surface area contributed by atoms with Gasteiger partial charge in [-0.05, 0) is 18.1 Å². The maximum Gasteiger partial charge on any atom is 0.252 e. The van der Waals surface area contributed by atoms with Crippen LogP contribution in [-0.2, 0) is 13.0 Å². The first-order valence-electron chi connectivity index (χ1n) is 4.57. The van der Waals surface area contributed by atoms with Crippen LogP contribution in [0.1, 0.15) is 11.4 Å². The van der Waals surface area contributed by atoms with Gasteiger partial charge in [-0.1, -0.05) is 6.07 Å². The number of rotatable bonds is 3. The third-order valence-corrected chi connectivity index (χ3v) is 1.99. The Morgan fingerprint density at radius 3 is 3.07 bits per heavy atom. The lowest BCUT2D eigenvalue weighted by Crippen LogP contribution is -2.02. The highest BCUT2D eigenvalue weighted by molar-refractivity contribution is 5.09. The summed E-state index contributed by atoms with van der Waals surface area (Å²) in [7, 11) is 0. The van der Waals surface area contributed by atoms with Crippen molar-refractivity contribution in [3.05, 3.63) is 42.2 Å². The molecular weight excluding hydrogens is 190 g/mol. The molecule has 5 heteroatoms. The molecule has 2 heterocycles. The topological polar surface area (TPSA) is 67.4 Å². The van der Waals surface area contributed by atoms with Gasteiger partial charge < -0.3 is 0 Å². The van der Waals surface area contributed by atoms with Gasteiger partial charge in [-0.3, -0.25) is 9.67 Å². The van der Waals surface area contributed by atoms with Gasteiger partial charge in [-0.15, -0.1) is 5.10 Å².